The van der Waals surface area contributed by atoms with E-state index < -0.39 is 0 Å². The van der Waals surface area contributed by atoms with Crippen LogP contribution in [0.25, 0.3) is 0 Å². The summed E-state index contributed by atoms with van der Waals surface area (Å²) in [6, 6.07) is 0. The van der Waals surface area contributed by atoms with E-state index in [1.165, 1.54) is 0 Å². The Morgan fingerprint density at radius 1 is 1.60 bits per heavy atom. The molecule has 0 aromatic carbocycles. The average Bonchev–Trinajstić information content (AvgIpc) is 1.88. The van der Waals surface area contributed by atoms with Gasteiger partial charge in [0.25, 0.3) is 0 Å². The Morgan fingerprint density at radius 3 is 2.70 bits per heavy atom. The highest BCUT2D eigenvalue weighted by molar-refractivity contribution is 5.85. The zero-order valence-electron chi connectivity index (χ0n) is 6.30. The van der Waals surface area contributed by atoms with Crippen molar-refractivity contribution in [3.8, 4) is 0 Å². The molecule has 0 aromatic rings. The van der Waals surface area contributed by atoms with Crippen LogP contribution >= 0.6 is 12.4 Å². The second-order valence-corrected chi connectivity index (χ2v) is 2.51. The lowest BCUT2D eigenvalue weighted by molar-refractivity contribution is -0.122. The fraction of sp³-hybridized carbons (Fsp3) is 0.857. The lowest BCUT2D eigenvalue weighted by Crippen LogP contribution is -2.35. The Labute approximate surface area is 68.0 Å². The molecule has 1 heterocycles. The molecule has 3 heteroatoms. The SMILES string of the molecule is CCN1CCCC(=O)C1.Cl. The summed E-state index contributed by atoms with van der Waals surface area (Å²) < 4.78 is 0. The molecular weight excluding hydrogens is 150 g/mol. The van der Waals surface area contributed by atoms with Gasteiger partial charge in [0.2, 0.25) is 0 Å². The maximum Gasteiger partial charge on any atom is 0.146 e. The number of Topliss-reactive ketones (excluding diaryl/α,β-unsaturated/α-hetero) is 1. The largest absolute Gasteiger partial charge is 0.298 e. The molecule has 60 valence electrons. The predicted molar refractivity (Wildman–Crippen MR) is 43.6 cm³/mol. The van der Waals surface area contributed by atoms with Crippen LogP contribution in [0.5, 0.6) is 0 Å². The lowest BCUT2D eigenvalue weighted by atomic mass is 10.1. The molecule has 0 atom stereocenters. The first kappa shape index (κ1) is 9.92. The molecule has 0 radical (unpaired) electrons. The van der Waals surface area contributed by atoms with Crippen LogP contribution in [0.15, 0.2) is 0 Å². The number of halogens is 1. The third-order valence-corrected chi connectivity index (χ3v) is 1.78. The summed E-state index contributed by atoms with van der Waals surface area (Å²) in [5.41, 5.74) is 0. The molecule has 1 saturated heterocycles. The van der Waals surface area contributed by atoms with E-state index in [-0.39, 0.29) is 12.4 Å². The van der Waals surface area contributed by atoms with Crippen molar-refractivity contribution in [2.75, 3.05) is 19.6 Å². The van der Waals surface area contributed by atoms with Gasteiger partial charge in [-0.15, -0.1) is 12.4 Å². The maximum absolute atomic E-state index is 10.8. The number of piperidine rings is 1. The standard InChI is InChI=1S/C7H13NO.ClH/c1-2-8-5-3-4-7(9)6-8;/h2-6H2,1H3;1H. The molecule has 1 aliphatic heterocycles. The predicted octanol–water partition coefficient (Wildman–Crippen LogP) is 1.09. The summed E-state index contributed by atoms with van der Waals surface area (Å²) in [5, 5.41) is 0. The normalized spacial score (nSPS) is 20.3. The summed E-state index contributed by atoms with van der Waals surface area (Å²) >= 11 is 0. The van der Waals surface area contributed by atoms with Crippen molar-refractivity contribution < 1.29 is 4.79 Å². The Hall–Kier alpha value is -0.0800. The van der Waals surface area contributed by atoms with Gasteiger partial charge in [-0.2, -0.15) is 0 Å². The molecule has 0 aliphatic carbocycles. The van der Waals surface area contributed by atoms with Crippen LogP contribution < -0.4 is 0 Å². The number of carbonyl (C=O) groups is 1. The summed E-state index contributed by atoms with van der Waals surface area (Å²) in [5.74, 6) is 0.406. The average molecular weight is 164 g/mol. The first-order valence-corrected chi connectivity index (χ1v) is 3.57. The number of carbonyl (C=O) groups excluding carboxylic acids is 1. The topological polar surface area (TPSA) is 20.3 Å². The van der Waals surface area contributed by atoms with Crippen molar-refractivity contribution in [1.82, 2.24) is 4.90 Å². The van der Waals surface area contributed by atoms with Crippen molar-refractivity contribution in [3.63, 3.8) is 0 Å². The summed E-state index contributed by atoms with van der Waals surface area (Å²) in [4.78, 5) is 13.0. The van der Waals surface area contributed by atoms with Gasteiger partial charge in [-0.1, -0.05) is 6.92 Å². The molecular formula is C7H14ClNO. The lowest BCUT2D eigenvalue weighted by Gasteiger charge is -2.23. The molecule has 2 nitrogen and oxygen atoms in total. The van der Waals surface area contributed by atoms with Gasteiger partial charge in [0.15, 0.2) is 0 Å². The van der Waals surface area contributed by atoms with E-state index in [0.29, 0.717) is 12.3 Å². The van der Waals surface area contributed by atoms with E-state index in [4.69, 9.17) is 0 Å². The number of hydrogen-bond acceptors (Lipinski definition) is 2. The third kappa shape index (κ3) is 2.67. The van der Waals surface area contributed by atoms with Gasteiger partial charge < -0.3 is 0 Å². The van der Waals surface area contributed by atoms with Crippen LogP contribution in [-0.4, -0.2) is 30.3 Å². The van der Waals surface area contributed by atoms with Crippen molar-refractivity contribution >= 4 is 18.2 Å². The van der Waals surface area contributed by atoms with Crippen LogP contribution in [0.4, 0.5) is 0 Å². The molecule has 0 N–H and O–H groups in total. The van der Waals surface area contributed by atoms with Gasteiger partial charge in [0.1, 0.15) is 5.78 Å². The van der Waals surface area contributed by atoms with Crippen LogP contribution in [0.3, 0.4) is 0 Å². The first-order chi connectivity index (χ1) is 4.33. The summed E-state index contributed by atoms with van der Waals surface area (Å²) in [7, 11) is 0. The van der Waals surface area contributed by atoms with Crippen LogP contribution in [0, 0.1) is 0 Å². The Bertz CT molecular complexity index is 116. The Balaban J connectivity index is 0.000000810. The minimum absolute atomic E-state index is 0. The number of hydrogen-bond donors (Lipinski definition) is 0. The maximum atomic E-state index is 10.8. The third-order valence-electron chi connectivity index (χ3n) is 1.78. The number of rotatable bonds is 1. The zero-order valence-corrected chi connectivity index (χ0v) is 7.12. The highest BCUT2D eigenvalue weighted by Gasteiger charge is 2.13. The second kappa shape index (κ2) is 4.69. The minimum Gasteiger partial charge on any atom is -0.298 e. The molecule has 0 unspecified atom stereocenters. The van der Waals surface area contributed by atoms with E-state index in [9.17, 15) is 4.79 Å². The molecule has 1 aliphatic rings. The van der Waals surface area contributed by atoms with Crippen molar-refractivity contribution in [1.29, 1.82) is 0 Å². The van der Waals surface area contributed by atoms with E-state index >= 15 is 0 Å². The number of likely N-dealkylation sites (N-methyl/N-ethyl adjacent to an activating group) is 1. The monoisotopic (exact) mass is 163 g/mol. The quantitative estimate of drug-likeness (QED) is 0.577. The van der Waals surface area contributed by atoms with Crippen molar-refractivity contribution in [2.24, 2.45) is 0 Å². The van der Waals surface area contributed by atoms with Crippen LogP contribution in [0.1, 0.15) is 19.8 Å². The van der Waals surface area contributed by atoms with Gasteiger partial charge in [0.05, 0.1) is 6.54 Å². The number of likely N-dealkylation sites (tertiary alicyclic amines) is 1. The molecule has 0 aromatic heterocycles. The molecule has 0 saturated carbocycles. The molecule has 0 amide bonds. The zero-order chi connectivity index (χ0) is 6.69. The van der Waals surface area contributed by atoms with Gasteiger partial charge in [-0.05, 0) is 19.5 Å². The van der Waals surface area contributed by atoms with Gasteiger partial charge in [0, 0.05) is 6.42 Å². The molecule has 0 spiro atoms. The minimum atomic E-state index is 0. The van der Waals surface area contributed by atoms with E-state index in [2.05, 4.69) is 11.8 Å². The Kier molecular flexibility index (Phi) is 4.65. The summed E-state index contributed by atoms with van der Waals surface area (Å²) in [6.45, 7) is 4.92. The molecule has 1 rings (SSSR count). The first-order valence-electron chi connectivity index (χ1n) is 3.57. The van der Waals surface area contributed by atoms with E-state index in [1.54, 1.807) is 0 Å². The van der Waals surface area contributed by atoms with Crippen molar-refractivity contribution in [2.45, 2.75) is 19.8 Å². The number of ketones is 1. The van der Waals surface area contributed by atoms with Crippen LogP contribution in [-0.2, 0) is 4.79 Å². The molecule has 1 fully saturated rings. The molecule has 0 bridgehead atoms. The second-order valence-electron chi connectivity index (χ2n) is 2.51. The Morgan fingerprint density at radius 2 is 2.30 bits per heavy atom. The van der Waals surface area contributed by atoms with Gasteiger partial charge in [-0.25, -0.2) is 0 Å². The smallest absolute Gasteiger partial charge is 0.146 e. The van der Waals surface area contributed by atoms with E-state index in [0.717, 1.165) is 25.9 Å². The fourth-order valence-electron chi connectivity index (χ4n) is 1.18. The molecule has 10 heavy (non-hydrogen) atoms. The number of nitrogens with zero attached hydrogens (tertiary/aromatic N) is 1. The van der Waals surface area contributed by atoms with Crippen LogP contribution in [0.2, 0.25) is 0 Å². The highest BCUT2D eigenvalue weighted by Crippen LogP contribution is 2.03. The van der Waals surface area contributed by atoms with Gasteiger partial charge >= 0.3 is 0 Å². The summed E-state index contributed by atoms with van der Waals surface area (Å²) in [6.07, 6.45) is 1.86. The van der Waals surface area contributed by atoms with E-state index in [1.807, 2.05) is 0 Å². The van der Waals surface area contributed by atoms with Crippen molar-refractivity contribution in [3.05, 3.63) is 0 Å². The highest BCUT2D eigenvalue weighted by atomic mass is 35.5. The van der Waals surface area contributed by atoms with Gasteiger partial charge in [-0.3, -0.25) is 9.69 Å². The fourth-order valence-corrected chi connectivity index (χ4v) is 1.18.